The molecule has 118 valence electrons. The van der Waals surface area contributed by atoms with Crippen molar-refractivity contribution in [2.75, 3.05) is 0 Å². The second kappa shape index (κ2) is 6.14. The Morgan fingerprint density at radius 3 is 2.38 bits per heavy atom. The highest BCUT2D eigenvalue weighted by atomic mass is 28.2. The lowest BCUT2D eigenvalue weighted by Crippen LogP contribution is -2.23. The Morgan fingerprint density at radius 1 is 0.667 bits per heavy atom. The Balaban J connectivity index is 1.74. The molecule has 24 heavy (non-hydrogen) atoms. The van der Waals surface area contributed by atoms with Crippen LogP contribution in [-0.4, -0.2) is 9.76 Å². The summed E-state index contributed by atoms with van der Waals surface area (Å²) in [7, 11) is -0.800. The molecule has 2 heteroatoms. The van der Waals surface area contributed by atoms with Crippen molar-refractivity contribution in [1.82, 2.24) is 0 Å². The molecule has 0 bridgehead atoms. The van der Waals surface area contributed by atoms with Gasteiger partial charge in [0.2, 0.25) is 0 Å². The summed E-state index contributed by atoms with van der Waals surface area (Å²) in [5.74, 6) is 1.01. The van der Waals surface area contributed by atoms with E-state index in [-0.39, 0.29) is 0 Å². The van der Waals surface area contributed by atoms with Crippen molar-refractivity contribution in [2.45, 2.75) is 13.8 Å². The van der Waals surface area contributed by atoms with E-state index in [1.807, 2.05) is 0 Å². The molecule has 4 aromatic rings. The summed E-state index contributed by atoms with van der Waals surface area (Å²) in [4.78, 5) is 0. The number of fused-ring (bicyclic) bond motifs is 3. The number of benzene rings is 4. The maximum atomic E-state index is 6.33. The first kappa shape index (κ1) is 15.0. The van der Waals surface area contributed by atoms with Crippen LogP contribution in [0.25, 0.3) is 21.5 Å². The summed E-state index contributed by atoms with van der Waals surface area (Å²) in [6.45, 7) is 4.36. The van der Waals surface area contributed by atoms with Gasteiger partial charge in [-0.25, -0.2) is 0 Å². The Labute approximate surface area is 144 Å². The van der Waals surface area contributed by atoms with Crippen LogP contribution >= 0.6 is 0 Å². The van der Waals surface area contributed by atoms with Gasteiger partial charge < -0.3 is 4.43 Å². The zero-order valence-electron chi connectivity index (χ0n) is 14.0. The highest BCUT2D eigenvalue weighted by Gasteiger charge is 2.07. The zero-order chi connectivity index (χ0) is 16.5. The summed E-state index contributed by atoms with van der Waals surface area (Å²) >= 11 is 0. The molecular weight excluding hydrogens is 308 g/mol. The molecule has 0 radical (unpaired) electrons. The molecule has 4 rings (SSSR count). The third-order valence-corrected chi connectivity index (χ3v) is 6.38. The largest absolute Gasteiger partial charge is 0.544 e. The summed E-state index contributed by atoms with van der Waals surface area (Å²) < 4.78 is 6.33. The van der Waals surface area contributed by atoms with Crippen molar-refractivity contribution in [3.05, 3.63) is 83.9 Å². The molecule has 0 saturated heterocycles. The molecule has 0 unspecified atom stereocenters. The predicted octanol–water partition coefficient (Wildman–Crippen LogP) is 4.40. The van der Waals surface area contributed by atoms with Crippen LogP contribution in [0.5, 0.6) is 5.75 Å². The van der Waals surface area contributed by atoms with Crippen LogP contribution in [0.4, 0.5) is 0 Å². The van der Waals surface area contributed by atoms with Crippen molar-refractivity contribution in [3.63, 3.8) is 0 Å². The van der Waals surface area contributed by atoms with E-state index in [1.165, 1.54) is 37.9 Å². The average Bonchev–Trinajstić information content (AvgIpc) is 2.62. The van der Waals surface area contributed by atoms with Gasteiger partial charge in [0.15, 0.2) is 0 Å². The second-order valence-corrected chi connectivity index (χ2v) is 7.62. The fourth-order valence-electron chi connectivity index (χ4n) is 3.26. The summed E-state index contributed by atoms with van der Waals surface area (Å²) in [6.07, 6.45) is 0. The molecule has 0 saturated carbocycles. The molecule has 0 aromatic heterocycles. The van der Waals surface area contributed by atoms with E-state index in [0.29, 0.717) is 0 Å². The van der Waals surface area contributed by atoms with E-state index in [2.05, 4.69) is 86.6 Å². The molecule has 0 spiro atoms. The topological polar surface area (TPSA) is 9.23 Å². The van der Waals surface area contributed by atoms with Crippen LogP contribution in [-0.2, 0) is 0 Å². The van der Waals surface area contributed by atoms with Gasteiger partial charge in [0.25, 0.3) is 9.76 Å². The quantitative estimate of drug-likeness (QED) is 0.400. The van der Waals surface area contributed by atoms with Gasteiger partial charge in [-0.15, -0.1) is 0 Å². The molecule has 1 nitrogen and oxygen atoms in total. The van der Waals surface area contributed by atoms with E-state index in [0.717, 1.165) is 5.75 Å². The summed E-state index contributed by atoms with van der Waals surface area (Å²) in [5, 5.41) is 6.41. The normalized spacial score (nSPS) is 11.6. The van der Waals surface area contributed by atoms with Gasteiger partial charge in [0, 0.05) is 5.39 Å². The van der Waals surface area contributed by atoms with Crippen molar-refractivity contribution in [2.24, 2.45) is 0 Å². The Morgan fingerprint density at radius 2 is 1.46 bits per heavy atom. The molecule has 0 heterocycles. The maximum Gasteiger partial charge on any atom is 0.251 e. The van der Waals surface area contributed by atoms with Gasteiger partial charge >= 0.3 is 0 Å². The molecule has 0 fully saturated rings. The fourth-order valence-corrected chi connectivity index (χ4v) is 4.55. The van der Waals surface area contributed by atoms with E-state index < -0.39 is 9.76 Å². The molecule has 4 aromatic carbocycles. The minimum atomic E-state index is -0.800. The predicted molar refractivity (Wildman–Crippen MR) is 106 cm³/mol. The van der Waals surface area contributed by atoms with Crippen LogP contribution in [0.3, 0.4) is 0 Å². The average molecular weight is 328 g/mol. The van der Waals surface area contributed by atoms with Crippen LogP contribution in [0.15, 0.2) is 72.8 Å². The van der Waals surface area contributed by atoms with Gasteiger partial charge in [0.1, 0.15) is 5.75 Å². The third kappa shape index (κ3) is 2.59. The summed E-state index contributed by atoms with van der Waals surface area (Å²) in [6, 6.07) is 25.8. The Kier molecular flexibility index (Phi) is 3.83. The number of hydrogen-bond acceptors (Lipinski definition) is 1. The van der Waals surface area contributed by atoms with E-state index >= 15 is 0 Å². The van der Waals surface area contributed by atoms with E-state index in [9.17, 15) is 0 Å². The van der Waals surface area contributed by atoms with Crippen molar-refractivity contribution in [1.29, 1.82) is 0 Å². The number of rotatable bonds is 3. The molecule has 0 aliphatic carbocycles. The highest BCUT2D eigenvalue weighted by Crippen LogP contribution is 2.31. The van der Waals surface area contributed by atoms with E-state index in [4.69, 9.17) is 4.43 Å². The maximum absolute atomic E-state index is 6.33. The number of aryl methyl sites for hydroxylation is 1. The minimum Gasteiger partial charge on any atom is -0.544 e. The summed E-state index contributed by atoms with van der Waals surface area (Å²) in [5.41, 5.74) is 2.71. The Hall–Kier alpha value is -2.58. The molecular formula is C22H20OSi. The standard InChI is InChI=1S/C22H20OSi/c1-15-7-5-12-22(16(15)2)24-23-21-11-6-10-19-18-9-4-3-8-17(18)13-14-20(19)21/h3-14H,24H2,1-2H3. The van der Waals surface area contributed by atoms with Crippen molar-refractivity contribution < 1.29 is 4.43 Å². The van der Waals surface area contributed by atoms with Crippen LogP contribution in [0.2, 0.25) is 0 Å². The molecule has 0 N–H and O–H groups in total. The fraction of sp³-hybridized carbons (Fsp3) is 0.0909. The molecule has 0 aliphatic heterocycles. The van der Waals surface area contributed by atoms with Gasteiger partial charge in [-0.1, -0.05) is 66.7 Å². The smallest absolute Gasteiger partial charge is 0.251 e. The molecule has 0 amide bonds. The first-order chi connectivity index (χ1) is 11.7. The van der Waals surface area contributed by atoms with Gasteiger partial charge in [-0.2, -0.15) is 0 Å². The zero-order valence-corrected chi connectivity index (χ0v) is 15.5. The first-order valence-electron chi connectivity index (χ1n) is 8.32. The van der Waals surface area contributed by atoms with E-state index in [1.54, 1.807) is 0 Å². The lowest BCUT2D eigenvalue weighted by Gasteiger charge is -2.13. The molecule has 0 aliphatic rings. The first-order valence-corrected chi connectivity index (χ1v) is 9.61. The van der Waals surface area contributed by atoms with Gasteiger partial charge in [0.05, 0.1) is 0 Å². The van der Waals surface area contributed by atoms with Crippen LogP contribution < -0.4 is 9.61 Å². The number of hydrogen-bond donors (Lipinski definition) is 0. The van der Waals surface area contributed by atoms with Gasteiger partial charge in [-0.3, -0.25) is 0 Å². The third-order valence-electron chi connectivity index (χ3n) is 4.85. The van der Waals surface area contributed by atoms with Crippen LogP contribution in [0.1, 0.15) is 11.1 Å². The van der Waals surface area contributed by atoms with Crippen LogP contribution in [0, 0.1) is 13.8 Å². The van der Waals surface area contributed by atoms with Crippen molar-refractivity contribution in [3.8, 4) is 5.75 Å². The second-order valence-electron chi connectivity index (χ2n) is 6.29. The lowest BCUT2D eigenvalue weighted by molar-refractivity contribution is 0.612. The van der Waals surface area contributed by atoms with Crippen molar-refractivity contribution >= 4 is 36.5 Å². The Bertz CT molecular complexity index is 1040. The lowest BCUT2D eigenvalue weighted by atomic mass is 10.0. The monoisotopic (exact) mass is 328 g/mol. The molecule has 0 atom stereocenters. The minimum absolute atomic E-state index is 0.800. The SMILES string of the molecule is Cc1cccc([SiH2]Oc2cccc3c2ccc2ccccc23)c1C. The highest BCUT2D eigenvalue weighted by molar-refractivity contribution is 6.48. The van der Waals surface area contributed by atoms with Gasteiger partial charge in [-0.05, 0) is 52.4 Å².